The van der Waals surface area contributed by atoms with Gasteiger partial charge >= 0.3 is 0 Å². The van der Waals surface area contributed by atoms with Gasteiger partial charge in [0, 0.05) is 17.6 Å². The van der Waals surface area contributed by atoms with Crippen molar-refractivity contribution in [2.45, 2.75) is 19.9 Å². The van der Waals surface area contributed by atoms with Crippen LogP contribution in [0.25, 0.3) is 17.0 Å². The van der Waals surface area contributed by atoms with Crippen LogP contribution in [0.1, 0.15) is 24.9 Å². The van der Waals surface area contributed by atoms with Gasteiger partial charge in [-0.05, 0) is 65.4 Å². The summed E-state index contributed by atoms with van der Waals surface area (Å²) in [5.41, 5.74) is 0.252. The number of aromatic amines is 1. The first-order valence-corrected chi connectivity index (χ1v) is 9.82. The van der Waals surface area contributed by atoms with E-state index in [2.05, 4.69) is 32.6 Å². The molecule has 1 amide bonds. The number of carbonyl (C=O) groups is 1. The zero-order valence-corrected chi connectivity index (χ0v) is 17.5. The number of nitrogens with one attached hydrogen (secondary N) is 1. The van der Waals surface area contributed by atoms with Crippen molar-refractivity contribution in [3.8, 4) is 0 Å². The van der Waals surface area contributed by atoms with Crippen LogP contribution in [0.2, 0.25) is 5.02 Å². The molecule has 2 heterocycles. The van der Waals surface area contributed by atoms with Gasteiger partial charge in [-0.15, -0.1) is 0 Å². The summed E-state index contributed by atoms with van der Waals surface area (Å²) >= 11 is 8.06. The third-order valence-corrected chi connectivity index (χ3v) is 4.66. The summed E-state index contributed by atoms with van der Waals surface area (Å²) in [6, 6.07) is 8.54. The Labute approximate surface area is 174 Å². The highest BCUT2D eigenvalue weighted by atomic mass is 127. The van der Waals surface area contributed by atoms with Crippen molar-refractivity contribution in [1.29, 1.82) is 0 Å². The summed E-state index contributed by atoms with van der Waals surface area (Å²) < 4.78 is 6.18. The molecule has 140 valence electrons. The Bertz CT molecular complexity index is 1060. The molecular weight excluding hydrogens is 481 g/mol. The highest BCUT2D eigenvalue weighted by Gasteiger charge is 2.13. The van der Waals surface area contributed by atoms with E-state index in [0.717, 1.165) is 10.2 Å². The summed E-state index contributed by atoms with van der Waals surface area (Å²) in [5.74, 6) is 0.839. The minimum absolute atomic E-state index is 0.183. The number of halogens is 2. The minimum Gasteiger partial charge on any atom is -0.451 e. The van der Waals surface area contributed by atoms with Gasteiger partial charge in [0.2, 0.25) is 5.91 Å². The fourth-order valence-electron chi connectivity index (χ4n) is 2.63. The molecule has 3 rings (SSSR count). The predicted molar refractivity (Wildman–Crippen MR) is 114 cm³/mol. The van der Waals surface area contributed by atoms with Gasteiger partial charge in [0.05, 0.1) is 17.4 Å². The maximum atomic E-state index is 12.6. The van der Waals surface area contributed by atoms with Gasteiger partial charge in [-0.2, -0.15) is 0 Å². The lowest BCUT2D eigenvalue weighted by atomic mass is 10.2. The second-order valence-electron chi connectivity index (χ2n) is 5.91. The van der Waals surface area contributed by atoms with Crippen LogP contribution in [0.15, 0.2) is 45.6 Å². The Hall–Kier alpha value is -2.13. The van der Waals surface area contributed by atoms with E-state index in [0.29, 0.717) is 34.1 Å². The molecular formula is C19H17ClIN3O3. The molecule has 0 spiro atoms. The highest BCUT2D eigenvalue weighted by molar-refractivity contribution is 14.1. The molecule has 0 aliphatic rings. The number of amides is 1. The average molecular weight is 498 g/mol. The van der Waals surface area contributed by atoms with Crippen LogP contribution in [0.3, 0.4) is 0 Å². The molecule has 0 aliphatic carbocycles. The largest absolute Gasteiger partial charge is 0.451 e. The summed E-state index contributed by atoms with van der Waals surface area (Å²) in [7, 11) is 0. The predicted octanol–water partition coefficient (Wildman–Crippen LogP) is 4.23. The van der Waals surface area contributed by atoms with Crippen molar-refractivity contribution in [3.05, 3.63) is 67.1 Å². The maximum Gasteiger partial charge on any atom is 0.258 e. The molecule has 27 heavy (non-hydrogen) atoms. The molecule has 0 saturated heterocycles. The van der Waals surface area contributed by atoms with Crippen LogP contribution in [0, 0.1) is 3.77 Å². The fourth-order valence-corrected chi connectivity index (χ4v) is 3.23. The molecule has 8 heteroatoms. The number of hydrogen-bond acceptors (Lipinski definition) is 4. The van der Waals surface area contributed by atoms with Crippen LogP contribution >= 0.6 is 34.2 Å². The van der Waals surface area contributed by atoms with Gasteiger partial charge in [0.25, 0.3) is 5.56 Å². The molecule has 1 N–H and O–H groups in total. The second kappa shape index (κ2) is 8.71. The molecule has 0 saturated carbocycles. The van der Waals surface area contributed by atoms with E-state index in [-0.39, 0.29) is 18.0 Å². The van der Waals surface area contributed by atoms with Crippen LogP contribution < -0.4 is 5.56 Å². The summed E-state index contributed by atoms with van der Waals surface area (Å²) in [5, 5.41) is 0.966. The van der Waals surface area contributed by atoms with Gasteiger partial charge in [-0.3, -0.25) is 9.59 Å². The maximum absolute atomic E-state index is 12.6. The van der Waals surface area contributed by atoms with Crippen molar-refractivity contribution in [2.24, 2.45) is 0 Å². The lowest BCUT2D eigenvalue weighted by molar-refractivity contribution is -0.126. The van der Waals surface area contributed by atoms with E-state index in [1.807, 2.05) is 13.0 Å². The number of nitrogens with zero attached hydrogens (tertiary/aromatic N) is 2. The molecule has 0 unspecified atom stereocenters. The molecule has 1 aromatic carbocycles. The molecule has 0 radical (unpaired) electrons. The summed E-state index contributed by atoms with van der Waals surface area (Å²) in [6.45, 7) is 2.72. The van der Waals surface area contributed by atoms with Crippen molar-refractivity contribution in [3.63, 3.8) is 0 Å². The molecule has 0 aliphatic heterocycles. The van der Waals surface area contributed by atoms with Crippen molar-refractivity contribution >= 4 is 57.1 Å². The standard InChI is InChI=1S/C19H17ClIN3O3/c1-2-9-24(18(25)8-5-13-4-7-16(21)27-13)11-17-22-15-10-12(20)3-6-14(15)19(26)23-17/h3-8,10H,2,9,11H2,1H3,(H,22,23,26)/b8-5+. The molecule has 3 aromatic rings. The van der Waals surface area contributed by atoms with E-state index >= 15 is 0 Å². The Balaban J connectivity index is 1.83. The van der Waals surface area contributed by atoms with Crippen LogP contribution in [0.4, 0.5) is 0 Å². The first-order valence-electron chi connectivity index (χ1n) is 8.37. The number of H-pyrrole nitrogens is 1. The number of carbonyl (C=O) groups excluding carboxylic acids is 1. The molecule has 0 bridgehead atoms. The van der Waals surface area contributed by atoms with E-state index in [1.54, 1.807) is 35.2 Å². The Morgan fingerprint density at radius 1 is 1.37 bits per heavy atom. The molecule has 2 aromatic heterocycles. The average Bonchev–Trinajstić information content (AvgIpc) is 3.04. The Kier molecular flexibility index (Phi) is 6.33. The zero-order chi connectivity index (χ0) is 19.4. The molecule has 0 fully saturated rings. The van der Waals surface area contributed by atoms with E-state index in [9.17, 15) is 9.59 Å². The Morgan fingerprint density at radius 3 is 2.89 bits per heavy atom. The number of hydrogen-bond donors (Lipinski definition) is 1. The van der Waals surface area contributed by atoms with Gasteiger partial charge in [0.1, 0.15) is 11.6 Å². The number of benzene rings is 1. The third kappa shape index (κ3) is 4.98. The first-order chi connectivity index (χ1) is 13.0. The minimum atomic E-state index is -0.253. The summed E-state index contributed by atoms with van der Waals surface area (Å²) in [4.78, 5) is 33.7. The SMILES string of the molecule is CCCN(Cc1nc2cc(Cl)ccc2c(=O)[nH]1)C(=O)/C=C/c1ccc(I)o1. The zero-order valence-electron chi connectivity index (χ0n) is 14.5. The number of aromatic nitrogens is 2. The lowest BCUT2D eigenvalue weighted by Gasteiger charge is -2.20. The van der Waals surface area contributed by atoms with E-state index in [1.165, 1.54) is 6.08 Å². The van der Waals surface area contributed by atoms with Crippen molar-refractivity contribution in [2.75, 3.05) is 6.54 Å². The fraction of sp³-hybridized carbons (Fsp3) is 0.211. The topological polar surface area (TPSA) is 79.2 Å². The lowest BCUT2D eigenvalue weighted by Crippen LogP contribution is -2.31. The van der Waals surface area contributed by atoms with E-state index < -0.39 is 0 Å². The number of rotatable bonds is 6. The van der Waals surface area contributed by atoms with Gasteiger partial charge in [-0.25, -0.2) is 4.98 Å². The third-order valence-electron chi connectivity index (χ3n) is 3.85. The van der Waals surface area contributed by atoms with Crippen LogP contribution in [-0.4, -0.2) is 27.3 Å². The Morgan fingerprint density at radius 2 is 2.19 bits per heavy atom. The number of furan rings is 1. The normalized spacial score (nSPS) is 11.4. The molecule has 0 atom stereocenters. The van der Waals surface area contributed by atoms with Crippen LogP contribution in [-0.2, 0) is 11.3 Å². The van der Waals surface area contributed by atoms with Gasteiger partial charge in [-0.1, -0.05) is 18.5 Å². The van der Waals surface area contributed by atoms with Crippen LogP contribution in [0.5, 0.6) is 0 Å². The monoisotopic (exact) mass is 497 g/mol. The van der Waals surface area contributed by atoms with Gasteiger partial charge < -0.3 is 14.3 Å². The second-order valence-corrected chi connectivity index (χ2v) is 7.41. The smallest absolute Gasteiger partial charge is 0.258 e. The highest BCUT2D eigenvalue weighted by Crippen LogP contribution is 2.15. The first kappa shape index (κ1) is 19.6. The molecule has 6 nitrogen and oxygen atoms in total. The van der Waals surface area contributed by atoms with Crippen molar-refractivity contribution < 1.29 is 9.21 Å². The summed E-state index contributed by atoms with van der Waals surface area (Å²) in [6.07, 6.45) is 3.87. The quantitative estimate of drug-likeness (QED) is 0.408. The van der Waals surface area contributed by atoms with Gasteiger partial charge in [0.15, 0.2) is 3.77 Å². The number of fused-ring (bicyclic) bond motifs is 1. The van der Waals surface area contributed by atoms with E-state index in [4.69, 9.17) is 16.0 Å². The van der Waals surface area contributed by atoms with Crippen molar-refractivity contribution in [1.82, 2.24) is 14.9 Å².